The molecule has 1 heterocycles. The van der Waals surface area contributed by atoms with Crippen molar-refractivity contribution in [3.8, 4) is 23.1 Å². The zero-order chi connectivity index (χ0) is 16.8. The summed E-state index contributed by atoms with van der Waals surface area (Å²) in [6, 6.07) is 20.8. The second kappa shape index (κ2) is 7.40. The Morgan fingerprint density at radius 3 is 2.33 bits per heavy atom. The van der Waals surface area contributed by atoms with Gasteiger partial charge in [-0.25, -0.2) is 4.68 Å². The first-order chi connectivity index (χ1) is 11.8. The van der Waals surface area contributed by atoms with Crippen molar-refractivity contribution < 1.29 is 4.74 Å². The summed E-state index contributed by atoms with van der Waals surface area (Å²) in [7, 11) is 1.53. The summed E-state index contributed by atoms with van der Waals surface area (Å²) in [5.74, 6) is 6.15. The summed E-state index contributed by atoms with van der Waals surface area (Å²) in [5.41, 5.74) is 2.81. The molecule has 0 unspecified atom stereocenters. The third kappa shape index (κ3) is 3.60. The molecule has 0 aliphatic rings. The molecule has 0 bridgehead atoms. The Labute approximate surface area is 140 Å². The van der Waals surface area contributed by atoms with Crippen molar-refractivity contribution in [2.75, 3.05) is 7.11 Å². The fourth-order valence-corrected chi connectivity index (χ4v) is 2.27. The molecule has 0 spiro atoms. The summed E-state index contributed by atoms with van der Waals surface area (Å²) in [4.78, 5) is 12.2. The van der Waals surface area contributed by atoms with E-state index < -0.39 is 0 Å². The van der Waals surface area contributed by atoms with E-state index in [-0.39, 0.29) is 12.3 Å². The van der Waals surface area contributed by atoms with E-state index in [1.54, 1.807) is 0 Å². The molecule has 0 aliphatic heterocycles. The van der Waals surface area contributed by atoms with Crippen LogP contribution < -0.4 is 5.56 Å². The Kier molecular flexibility index (Phi) is 4.85. The molecular formula is C20H16N2O2. The van der Waals surface area contributed by atoms with Gasteiger partial charge in [0, 0.05) is 24.3 Å². The van der Waals surface area contributed by atoms with Crippen LogP contribution in [0.15, 0.2) is 71.5 Å². The van der Waals surface area contributed by atoms with Crippen LogP contribution in [0.2, 0.25) is 0 Å². The highest BCUT2D eigenvalue weighted by Crippen LogP contribution is 2.19. The lowest BCUT2D eigenvalue weighted by Gasteiger charge is -2.08. The van der Waals surface area contributed by atoms with Crippen LogP contribution in [0.25, 0.3) is 11.3 Å². The quantitative estimate of drug-likeness (QED) is 0.698. The van der Waals surface area contributed by atoms with Gasteiger partial charge in [-0.1, -0.05) is 60.4 Å². The van der Waals surface area contributed by atoms with Crippen molar-refractivity contribution in [3.05, 3.63) is 88.2 Å². The minimum atomic E-state index is -0.242. The number of rotatable bonds is 3. The van der Waals surface area contributed by atoms with E-state index >= 15 is 0 Å². The molecule has 0 fully saturated rings. The van der Waals surface area contributed by atoms with Crippen LogP contribution in [-0.2, 0) is 11.5 Å². The number of nitrogens with zero attached hydrogens (tertiary/aromatic N) is 2. The normalized spacial score (nSPS) is 10.0. The molecule has 0 amide bonds. The molecule has 0 aliphatic carbocycles. The molecule has 3 rings (SSSR count). The third-order valence-electron chi connectivity index (χ3n) is 3.41. The maximum Gasteiger partial charge on any atom is 0.270 e. The van der Waals surface area contributed by atoms with Gasteiger partial charge >= 0.3 is 0 Å². The van der Waals surface area contributed by atoms with Crippen LogP contribution in [0, 0.1) is 11.8 Å². The highest BCUT2D eigenvalue weighted by Gasteiger charge is 2.09. The minimum Gasteiger partial charge on any atom is -0.362 e. The van der Waals surface area contributed by atoms with Gasteiger partial charge in [-0.05, 0) is 12.1 Å². The SMILES string of the molecule is COCn1nc(-c2ccccc2)c(C#Cc2ccccc2)cc1=O. The molecule has 0 atom stereocenters. The van der Waals surface area contributed by atoms with Crippen LogP contribution in [-0.4, -0.2) is 16.9 Å². The Morgan fingerprint density at radius 2 is 1.67 bits per heavy atom. The van der Waals surface area contributed by atoms with Gasteiger partial charge in [0.1, 0.15) is 12.4 Å². The molecule has 1 aromatic heterocycles. The second-order valence-corrected chi connectivity index (χ2v) is 5.14. The van der Waals surface area contributed by atoms with E-state index in [2.05, 4.69) is 16.9 Å². The van der Waals surface area contributed by atoms with Gasteiger partial charge < -0.3 is 4.74 Å². The van der Waals surface area contributed by atoms with E-state index in [9.17, 15) is 4.79 Å². The molecule has 118 valence electrons. The average Bonchev–Trinajstić information content (AvgIpc) is 2.63. The van der Waals surface area contributed by atoms with Crippen LogP contribution in [0.4, 0.5) is 0 Å². The predicted molar refractivity (Wildman–Crippen MR) is 93.4 cm³/mol. The van der Waals surface area contributed by atoms with E-state index in [4.69, 9.17) is 4.74 Å². The summed E-state index contributed by atoms with van der Waals surface area (Å²) in [6.45, 7) is 0.102. The number of benzene rings is 2. The van der Waals surface area contributed by atoms with Crippen molar-refractivity contribution in [2.24, 2.45) is 0 Å². The standard InChI is InChI=1S/C20H16N2O2/c1-24-15-22-19(23)14-18(13-12-16-8-4-2-5-9-16)20(21-22)17-10-6-3-7-11-17/h2-11,14H,15H2,1H3. The van der Waals surface area contributed by atoms with Gasteiger partial charge in [-0.15, -0.1) is 0 Å². The first kappa shape index (κ1) is 15.7. The molecule has 4 nitrogen and oxygen atoms in total. The first-order valence-electron chi connectivity index (χ1n) is 7.51. The number of hydrogen-bond donors (Lipinski definition) is 0. The van der Waals surface area contributed by atoms with Gasteiger partial charge in [0.05, 0.1) is 5.56 Å². The highest BCUT2D eigenvalue weighted by atomic mass is 16.5. The van der Waals surface area contributed by atoms with Gasteiger partial charge in [0.25, 0.3) is 5.56 Å². The van der Waals surface area contributed by atoms with E-state index in [1.165, 1.54) is 17.9 Å². The summed E-state index contributed by atoms with van der Waals surface area (Å²) < 4.78 is 6.32. The van der Waals surface area contributed by atoms with Gasteiger partial charge in [-0.2, -0.15) is 5.10 Å². The average molecular weight is 316 g/mol. The highest BCUT2D eigenvalue weighted by molar-refractivity contribution is 5.67. The molecule has 0 saturated carbocycles. The topological polar surface area (TPSA) is 44.1 Å². The number of methoxy groups -OCH3 is 1. The minimum absolute atomic E-state index is 0.102. The largest absolute Gasteiger partial charge is 0.362 e. The number of ether oxygens (including phenoxy) is 1. The zero-order valence-corrected chi connectivity index (χ0v) is 13.3. The monoisotopic (exact) mass is 316 g/mol. The third-order valence-corrected chi connectivity index (χ3v) is 3.41. The number of aromatic nitrogens is 2. The molecule has 0 N–H and O–H groups in total. The van der Waals surface area contributed by atoms with Gasteiger partial charge in [0.15, 0.2) is 0 Å². The fraction of sp³-hybridized carbons (Fsp3) is 0.100. The van der Waals surface area contributed by atoms with Crippen molar-refractivity contribution in [3.63, 3.8) is 0 Å². The lowest BCUT2D eigenvalue weighted by atomic mass is 10.1. The maximum absolute atomic E-state index is 12.2. The van der Waals surface area contributed by atoms with Crippen LogP contribution >= 0.6 is 0 Å². The molecule has 0 saturated heterocycles. The lowest BCUT2D eigenvalue weighted by molar-refractivity contribution is 0.116. The van der Waals surface area contributed by atoms with Crippen LogP contribution in [0.3, 0.4) is 0 Å². The van der Waals surface area contributed by atoms with Crippen molar-refractivity contribution in [1.29, 1.82) is 0 Å². The molecule has 0 radical (unpaired) electrons. The second-order valence-electron chi connectivity index (χ2n) is 5.14. The van der Waals surface area contributed by atoms with E-state index in [0.717, 1.165) is 11.1 Å². The molecule has 3 aromatic rings. The molecule has 4 heteroatoms. The van der Waals surface area contributed by atoms with Crippen LogP contribution in [0.5, 0.6) is 0 Å². The Bertz CT molecular complexity index is 936. The Balaban J connectivity index is 2.13. The van der Waals surface area contributed by atoms with E-state index in [1.807, 2.05) is 60.7 Å². The van der Waals surface area contributed by atoms with E-state index in [0.29, 0.717) is 11.3 Å². The Morgan fingerprint density at radius 1 is 1.00 bits per heavy atom. The predicted octanol–water partition coefficient (Wildman–Crippen LogP) is 2.91. The summed E-state index contributed by atoms with van der Waals surface area (Å²) in [6.07, 6.45) is 0. The summed E-state index contributed by atoms with van der Waals surface area (Å²) in [5, 5.41) is 4.42. The van der Waals surface area contributed by atoms with Gasteiger partial charge in [-0.3, -0.25) is 4.79 Å². The fourth-order valence-electron chi connectivity index (χ4n) is 2.27. The Hall–Kier alpha value is -3.16. The smallest absolute Gasteiger partial charge is 0.270 e. The van der Waals surface area contributed by atoms with Crippen molar-refractivity contribution >= 4 is 0 Å². The summed E-state index contributed by atoms with van der Waals surface area (Å²) >= 11 is 0. The molecule has 24 heavy (non-hydrogen) atoms. The number of hydrogen-bond acceptors (Lipinski definition) is 3. The first-order valence-corrected chi connectivity index (χ1v) is 7.51. The van der Waals surface area contributed by atoms with Gasteiger partial charge in [0.2, 0.25) is 0 Å². The maximum atomic E-state index is 12.2. The van der Waals surface area contributed by atoms with Crippen LogP contribution in [0.1, 0.15) is 11.1 Å². The molecular weight excluding hydrogens is 300 g/mol. The van der Waals surface area contributed by atoms with Crippen molar-refractivity contribution in [2.45, 2.75) is 6.73 Å². The zero-order valence-electron chi connectivity index (χ0n) is 13.3. The van der Waals surface area contributed by atoms with Crippen molar-refractivity contribution in [1.82, 2.24) is 9.78 Å². The lowest BCUT2D eigenvalue weighted by Crippen LogP contribution is -2.24. The molecule has 2 aromatic carbocycles.